The molecule has 0 spiro atoms. The average molecular weight is 525 g/mol. The maximum atomic E-state index is 13.2. The fourth-order valence-electron chi connectivity index (χ4n) is 5.00. The number of carbonyl (C=O) groups excluding carboxylic acids is 3. The molecule has 0 aromatic heterocycles. The molecule has 1 atom stereocenters. The molecule has 0 radical (unpaired) electrons. The number of carbonyl (C=O) groups is 4. The van der Waals surface area contributed by atoms with E-state index in [0.29, 0.717) is 35.6 Å². The summed E-state index contributed by atoms with van der Waals surface area (Å²) in [7, 11) is 3.34. The van der Waals surface area contributed by atoms with Crippen LogP contribution in [-0.4, -0.2) is 60.0 Å². The molecule has 2 aliphatic rings. The molecule has 39 heavy (non-hydrogen) atoms. The summed E-state index contributed by atoms with van der Waals surface area (Å²) in [5.41, 5.74) is 4.96. The zero-order valence-electron chi connectivity index (χ0n) is 21.7. The molecule has 0 aliphatic carbocycles. The number of aromatic carboxylic acids is 1. The van der Waals surface area contributed by atoms with Crippen molar-refractivity contribution in [1.82, 2.24) is 4.90 Å². The predicted octanol–water partition coefficient (Wildman–Crippen LogP) is 4.00. The largest absolute Gasteiger partial charge is 0.478 e. The number of carboxylic acid groups (broad SMARTS) is 1. The number of fused-ring (bicyclic) bond motifs is 2. The number of benzene rings is 3. The van der Waals surface area contributed by atoms with Gasteiger partial charge in [-0.2, -0.15) is 0 Å². The van der Waals surface area contributed by atoms with Crippen LogP contribution in [0.4, 0.5) is 17.1 Å². The van der Waals surface area contributed by atoms with Gasteiger partial charge in [0, 0.05) is 44.9 Å². The van der Waals surface area contributed by atoms with Gasteiger partial charge in [0.15, 0.2) is 0 Å². The predicted molar refractivity (Wildman–Crippen MR) is 148 cm³/mol. The topological polar surface area (TPSA) is 119 Å². The Bertz CT molecular complexity index is 1510. The van der Waals surface area contributed by atoms with Crippen LogP contribution in [0.5, 0.6) is 0 Å². The fraction of sp³-hybridized carbons (Fsp3) is 0.233. The number of aliphatic imine (C=N–C) groups is 1. The van der Waals surface area contributed by atoms with Crippen LogP contribution >= 0.6 is 0 Å². The van der Waals surface area contributed by atoms with E-state index in [1.54, 1.807) is 25.1 Å². The normalized spacial score (nSPS) is 15.9. The van der Waals surface area contributed by atoms with E-state index in [9.17, 15) is 24.3 Å². The number of hydrogen-bond donors (Lipinski definition) is 2. The van der Waals surface area contributed by atoms with Crippen molar-refractivity contribution in [2.24, 2.45) is 4.99 Å². The van der Waals surface area contributed by atoms with E-state index < -0.39 is 11.9 Å². The molecule has 2 N–H and O–H groups in total. The maximum absolute atomic E-state index is 13.2. The second kappa shape index (κ2) is 10.5. The summed E-state index contributed by atoms with van der Waals surface area (Å²) < 4.78 is 0. The van der Waals surface area contributed by atoms with Crippen molar-refractivity contribution in [1.29, 1.82) is 0 Å². The molecule has 0 saturated carbocycles. The monoisotopic (exact) mass is 524 g/mol. The summed E-state index contributed by atoms with van der Waals surface area (Å²) in [5, 5.41) is 12.2. The van der Waals surface area contributed by atoms with E-state index in [-0.39, 0.29) is 36.1 Å². The van der Waals surface area contributed by atoms with Gasteiger partial charge in [0.2, 0.25) is 17.7 Å². The van der Waals surface area contributed by atoms with Crippen LogP contribution in [0.15, 0.2) is 71.7 Å². The summed E-state index contributed by atoms with van der Waals surface area (Å²) in [4.78, 5) is 57.5. The highest BCUT2D eigenvalue weighted by atomic mass is 16.4. The van der Waals surface area contributed by atoms with E-state index in [0.717, 1.165) is 16.8 Å². The van der Waals surface area contributed by atoms with Crippen LogP contribution in [0.3, 0.4) is 0 Å². The minimum atomic E-state index is -1.07. The molecule has 0 saturated heterocycles. The highest BCUT2D eigenvalue weighted by Gasteiger charge is 2.36. The number of carboxylic acids is 1. The molecule has 9 heteroatoms. The summed E-state index contributed by atoms with van der Waals surface area (Å²) in [5.74, 6) is -2.24. The van der Waals surface area contributed by atoms with Crippen LogP contribution in [0.25, 0.3) is 0 Å². The summed E-state index contributed by atoms with van der Waals surface area (Å²) in [6.07, 6.45) is 0.977. The maximum Gasteiger partial charge on any atom is 0.335 e. The molecular formula is C30H28N4O5. The Balaban J connectivity index is 1.47. The van der Waals surface area contributed by atoms with Gasteiger partial charge in [-0.05, 0) is 53.4 Å². The van der Waals surface area contributed by atoms with Crippen molar-refractivity contribution in [3.63, 3.8) is 0 Å². The molecule has 0 bridgehead atoms. The lowest BCUT2D eigenvalue weighted by Gasteiger charge is -2.18. The van der Waals surface area contributed by atoms with Gasteiger partial charge in [0.25, 0.3) is 0 Å². The first kappa shape index (κ1) is 25.8. The zero-order chi connectivity index (χ0) is 27.7. The molecule has 9 nitrogen and oxygen atoms in total. The van der Waals surface area contributed by atoms with E-state index in [4.69, 9.17) is 4.99 Å². The van der Waals surface area contributed by atoms with Crippen molar-refractivity contribution in [3.05, 3.63) is 89.0 Å². The van der Waals surface area contributed by atoms with Gasteiger partial charge in [-0.25, -0.2) is 4.79 Å². The van der Waals surface area contributed by atoms with Gasteiger partial charge in [0.1, 0.15) is 5.92 Å². The van der Waals surface area contributed by atoms with E-state index in [2.05, 4.69) is 5.32 Å². The van der Waals surface area contributed by atoms with E-state index in [1.165, 1.54) is 17.0 Å². The smallest absolute Gasteiger partial charge is 0.335 e. The van der Waals surface area contributed by atoms with Crippen LogP contribution < -0.4 is 10.2 Å². The third-order valence-electron chi connectivity index (χ3n) is 7.04. The van der Waals surface area contributed by atoms with Gasteiger partial charge in [-0.1, -0.05) is 36.4 Å². The molecular weight excluding hydrogens is 496 g/mol. The second-order valence-electron chi connectivity index (χ2n) is 9.79. The van der Waals surface area contributed by atoms with Crippen molar-refractivity contribution in [2.75, 3.05) is 30.9 Å². The molecule has 2 aliphatic heterocycles. The van der Waals surface area contributed by atoms with E-state index >= 15 is 0 Å². The Kier molecular flexibility index (Phi) is 6.98. The summed E-state index contributed by atoms with van der Waals surface area (Å²) in [6.45, 7) is 0.535. The first-order valence-electron chi connectivity index (χ1n) is 12.7. The zero-order valence-corrected chi connectivity index (χ0v) is 21.7. The molecule has 5 rings (SSSR count). The highest BCUT2D eigenvalue weighted by molar-refractivity contribution is 6.24. The number of hydrogen-bond acceptors (Lipinski definition) is 5. The SMILES string of the molecule is CN(C)C(=O)CCC(=O)N1CCc2cc(N=C(c3ccccc3)C3C(=O)Nc4cc(C(=O)O)ccc43)ccc21. The van der Waals surface area contributed by atoms with Crippen LogP contribution in [0, 0.1) is 0 Å². The lowest BCUT2D eigenvalue weighted by atomic mass is 9.90. The van der Waals surface area contributed by atoms with Gasteiger partial charge < -0.3 is 20.2 Å². The lowest BCUT2D eigenvalue weighted by molar-refractivity contribution is -0.131. The first-order valence-corrected chi connectivity index (χ1v) is 12.7. The Labute approximate surface area is 225 Å². The molecule has 3 aromatic carbocycles. The minimum Gasteiger partial charge on any atom is -0.478 e. The third kappa shape index (κ3) is 5.16. The van der Waals surface area contributed by atoms with Gasteiger partial charge in [-0.15, -0.1) is 0 Å². The molecule has 1 unspecified atom stereocenters. The molecule has 3 aromatic rings. The summed E-state index contributed by atoms with van der Waals surface area (Å²) in [6, 6.07) is 19.6. The summed E-state index contributed by atoms with van der Waals surface area (Å²) >= 11 is 0. The van der Waals surface area contributed by atoms with Gasteiger partial charge in [0.05, 0.1) is 17.0 Å². The Morgan fingerprint density at radius 3 is 2.49 bits per heavy atom. The van der Waals surface area contributed by atoms with Gasteiger partial charge >= 0.3 is 5.97 Å². The Morgan fingerprint density at radius 1 is 1.00 bits per heavy atom. The molecule has 0 fully saturated rings. The van der Waals surface area contributed by atoms with Crippen LogP contribution in [0.1, 0.15) is 45.8 Å². The number of nitrogens with zero attached hydrogens (tertiary/aromatic N) is 3. The van der Waals surface area contributed by atoms with Crippen molar-refractivity contribution in [3.8, 4) is 0 Å². The van der Waals surface area contributed by atoms with E-state index in [1.807, 2.05) is 48.5 Å². The van der Waals surface area contributed by atoms with Crippen molar-refractivity contribution >= 4 is 46.5 Å². The van der Waals surface area contributed by atoms with Gasteiger partial charge in [-0.3, -0.25) is 19.4 Å². The third-order valence-corrected chi connectivity index (χ3v) is 7.04. The Morgan fingerprint density at radius 2 is 1.77 bits per heavy atom. The van der Waals surface area contributed by atoms with Crippen molar-refractivity contribution < 1.29 is 24.3 Å². The van der Waals surface area contributed by atoms with Crippen LogP contribution in [-0.2, 0) is 20.8 Å². The quantitative estimate of drug-likeness (QED) is 0.453. The molecule has 198 valence electrons. The lowest BCUT2D eigenvalue weighted by Crippen LogP contribution is -2.30. The Hall–Kier alpha value is -4.79. The molecule has 2 heterocycles. The number of rotatable bonds is 7. The highest BCUT2D eigenvalue weighted by Crippen LogP contribution is 2.38. The fourth-order valence-corrected chi connectivity index (χ4v) is 5.00. The molecule has 3 amide bonds. The average Bonchev–Trinajstić information content (AvgIpc) is 3.50. The minimum absolute atomic E-state index is 0.0856. The first-order chi connectivity index (χ1) is 18.7. The second-order valence-corrected chi connectivity index (χ2v) is 9.79. The number of nitrogens with one attached hydrogen (secondary N) is 1. The number of anilines is 2. The standard InChI is InChI=1S/C30H28N4O5/c1-33(2)25(35)12-13-26(36)34-15-14-19-16-21(9-11-24(19)34)31-28(18-6-4-3-5-7-18)27-22-10-8-20(30(38)39)17-23(22)32-29(27)37/h3-11,16-17,27H,12-15H2,1-2H3,(H,32,37)(H,38,39). The van der Waals surface area contributed by atoms with Crippen LogP contribution in [0.2, 0.25) is 0 Å². The van der Waals surface area contributed by atoms with Crippen molar-refractivity contribution in [2.45, 2.75) is 25.2 Å². The number of amides is 3.